The third-order valence-corrected chi connectivity index (χ3v) is 4.67. The Morgan fingerprint density at radius 3 is 2.61 bits per heavy atom. The molecule has 0 aliphatic carbocycles. The number of aryl methyl sites for hydroxylation is 1. The van der Waals surface area contributed by atoms with E-state index in [9.17, 15) is 9.90 Å². The topological polar surface area (TPSA) is 85.8 Å². The van der Waals surface area contributed by atoms with Crippen LogP contribution < -0.4 is 0 Å². The number of imidazole rings is 1. The lowest BCUT2D eigenvalue weighted by Gasteiger charge is -2.09. The summed E-state index contributed by atoms with van der Waals surface area (Å²) < 4.78 is 2.96. The summed E-state index contributed by atoms with van der Waals surface area (Å²) in [6.07, 6.45) is 0.436. The number of pyridine rings is 1. The molecule has 0 aliphatic rings. The van der Waals surface area contributed by atoms with Gasteiger partial charge in [-0.25, -0.2) is 14.8 Å². The fourth-order valence-corrected chi connectivity index (χ4v) is 3.39. The molecule has 0 unspecified atom stereocenters. The van der Waals surface area contributed by atoms with E-state index in [0.717, 1.165) is 44.0 Å². The van der Waals surface area contributed by atoms with Gasteiger partial charge in [0, 0.05) is 22.3 Å². The largest absolute Gasteiger partial charge is 0.463 e. The number of carboxylic acid groups (broad SMARTS) is 1. The van der Waals surface area contributed by atoms with Gasteiger partial charge in [-0.3, -0.25) is 4.57 Å². The van der Waals surface area contributed by atoms with E-state index in [1.165, 1.54) is 0 Å². The van der Waals surface area contributed by atoms with Crippen LogP contribution in [0.15, 0.2) is 66.9 Å². The molecular formula is C21H15N5O2. The van der Waals surface area contributed by atoms with Crippen LogP contribution in [0.5, 0.6) is 0 Å². The molecule has 0 radical (unpaired) electrons. The van der Waals surface area contributed by atoms with Crippen LogP contribution in [0.25, 0.3) is 39.1 Å². The molecule has 0 spiro atoms. The molecule has 7 heteroatoms. The Labute approximate surface area is 159 Å². The number of fused-ring (bicyclic) bond motifs is 2. The number of hydrogen-bond acceptors (Lipinski definition) is 4. The highest BCUT2D eigenvalue weighted by molar-refractivity contribution is 5.89. The minimum absolute atomic E-state index is 0.533. The van der Waals surface area contributed by atoms with Crippen LogP contribution in [-0.4, -0.2) is 35.5 Å². The second-order valence-electron chi connectivity index (χ2n) is 6.51. The van der Waals surface area contributed by atoms with Gasteiger partial charge in [0.1, 0.15) is 11.3 Å². The number of aromatic nitrogens is 5. The molecule has 0 saturated heterocycles. The molecule has 0 bridgehead atoms. The van der Waals surface area contributed by atoms with Crippen LogP contribution in [0.1, 0.15) is 5.69 Å². The molecule has 0 fully saturated rings. The van der Waals surface area contributed by atoms with Crippen LogP contribution in [0.4, 0.5) is 4.79 Å². The van der Waals surface area contributed by atoms with Gasteiger partial charge in [-0.15, -0.1) is 0 Å². The summed E-state index contributed by atoms with van der Waals surface area (Å²) in [5.41, 5.74) is 4.80. The van der Waals surface area contributed by atoms with E-state index >= 15 is 0 Å². The molecule has 5 aromatic rings. The molecule has 136 valence electrons. The quantitative estimate of drug-likeness (QED) is 0.502. The van der Waals surface area contributed by atoms with Gasteiger partial charge in [0.2, 0.25) is 0 Å². The van der Waals surface area contributed by atoms with Crippen molar-refractivity contribution in [1.29, 1.82) is 0 Å². The summed E-state index contributed by atoms with van der Waals surface area (Å²) in [4.78, 5) is 20.8. The number of benzene rings is 2. The molecule has 0 saturated carbocycles. The molecule has 7 nitrogen and oxygen atoms in total. The summed E-state index contributed by atoms with van der Waals surface area (Å²) in [5.74, 6) is 0.777. The number of rotatable bonds is 2. The number of hydrogen-bond donors (Lipinski definition) is 1. The van der Waals surface area contributed by atoms with Gasteiger partial charge in [-0.05, 0) is 37.3 Å². The summed E-state index contributed by atoms with van der Waals surface area (Å²) >= 11 is 0. The smallest absolute Gasteiger partial charge is 0.432 e. The van der Waals surface area contributed by atoms with Crippen molar-refractivity contribution in [2.45, 2.75) is 6.92 Å². The number of carbonyl (C=O) groups is 1. The fourth-order valence-electron chi connectivity index (χ4n) is 3.39. The van der Waals surface area contributed by atoms with E-state index < -0.39 is 6.09 Å². The molecule has 0 atom stereocenters. The summed E-state index contributed by atoms with van der Waals surface area (Å²) in [7, 11) is 0. The Kier molecular flexibility index (Phi) is 3.48. The average molecular weight is 369 g/mol. The molecular weight excluding hydrogens is 354 g/mol. The monoisotopic (exact) mass is 369 g/mol. The Hall–Kier alpha value is -4.00. The average Bonchev–Trinajstić information content (AvgIpc) is 3.29. The minimum atomic E-state index is -1.11. The Bertz CT molecular complexity index is 1350. The van der Waals surface area contributed by atoms with Gasteiger partial charge >= 0.3 is 6.09 Å². The lowest BCUT2D eigenvalue weighted by molar-refractivity contribution is 0.194. The van der Waals surface area contributed by atoms with Crippen LogP contribution in [0.2, 0.25) is 0 Å². The first-order valence-electron chi connectivity index (χ1n) is 8.75. The maximum Gasteiger partial charge on any atom is 0.432 e. The zero-order chi connectivity index (χ0) is 19.3. The van der Waals surface area contributed by atoms with Crippen molar-refractivity contribution in [3.8, 4) is 17.1 Å². The molecule has 1 N–H and O–H groups in total. The van der Waals surface area contributed by atoms with Crippen molar-refractivity contribution in [3.05, 3.63) is 72.6 Å². The molecule has 0 amide bonds. The van der Waals surface area contributed by atoms with Gasteiger partial charge in [0.15, 0.2) is 5.65 Å². The van der Waals surface area contributed by atoms with Gasteiger partial charge < -0.3 is 5.11 Å². The fraction of sp³-hybridized carbons (Fsp3) is 0.0476. The van der Waals surface area contributed by atoms with E-state index in [2.05, 4.69) is 5.10 Å². The lowest BCUT2D eigenvalue weighted by Crippen LogP contribution is -2.09. The van der Waals surface area contributed by atoms with Crippen molar-refractivity contribution < 1.29 is 9.90 Å². The third kappa shape index (κ3) is 2.44. The second kappa shape index (κ2) is 6.02. The maximum atomic E-state index is 11.3. The van der Waals surface area contributed by atoms with Gasteiger partial charge in [0.05, 0.1) is 11.7 Å². The van der Waals surface area contributed by atoms with Gasteiger partial charge in [-0.2, -0.15) is 9.78 Å². The molecule has 3 heterocycles. The highest BCUT2D eigenvalue weighted by atomic mass is 16.4. The van der Waals surface area contributed by atoms with Crippen molar-refractivity contribution in [2.75, 3.05) is 0 Å². The molecule has 0 aliphatic heterocycles. The Balaban J connectivity index is 1.81. The molecule has 3 aromatic heterocycles. The van der Waals surface area contributed by atoms with E-state index in [0.29, 0.717) is 5.52 Å². The van der Waals surface area contributed by atoms with Gasteiger partial charge in [0.25, 0.3) is 0 Å². The van der Waals surface area contributed by atoms with Crippen molar-refractivity contribution in [2.24, 2.45) is 0 Å². The number of nitrogens with zero attached hydrogens (tertiary/aromatic N) is 5. The van der Waals surface area contributed by atoms with Crippen LogP contribution in [0.3, 0.4) is 0 Å². The minimum Gasteiger partial charge on any atom is -0.463 e. The van der Waals surface area contributed by atoms with Crippen LogP contribution in [-0.2, 0) is 0 Å². The SMILES string of the molecule is Cc1ccc2nc(-c3ccccc3)n(-c3ccc4c(cnn4C(=O)O)c3)c2n1. The van der Waals surface area contributed by atoms with Gasteiger partial charge in [-0.1, -0.05) is 30.3 Å². The maximum absolute atomic E-state index is 11.3. The summed E-state index contributed by atoms with van der Waals surface area (Å²) in [5, 5.41) is 13.9. The third-order valence-electron chi connectivity index (χ3n) is 4.67. The first-order chi connectivity index (χ1) is 13.6. The van der Waals surface area contributed by atoms with Crippen molar-refractivity contribution in [1.82, 2.24) is 24.3 Å². The van der Waals surface area contributed by atoms with Crippen molar-refractivity contribution >= 4 is 28.2 Å². The standard InChI is InChI=1S/C21H15N5O2/c1-13-7-9-17-20(23-13)25(19(24-17)14-5-3-2-4-6-14)16-8-10-18-15(11-16)12-22-26(18)21(27)28/h2-12H,1H3,(H,27,28). The van der Waals surface area contributed by atoms with Crippen molar-refractivity contribution in [3.63, 3.8) is 0 Å². The highest BCUT2D eigenvalue weighted by Gasteiger charge is 2.17. The summed E-state index contributed by atoms with van der Waals surface area (Å²) in [6, 6.07) is 19.3. The van der Waals surface area contributed by atoms with E-state index in [-0.39, 0.29) is 0 Å². The first-order valence-corrected chi connectivity index (χ1v) is 8.75. The first kappa shape index (κ1) is 16.2. The van der Waals surface area contributed by atoms with Crippen LogP contribution in [0, 0.1) is 6.92 Å². The summed E-state index contributed by atoms with van der Waals surface area (Å²) in [6.45, 7) is 1.94. The second-order valence-corrected chi connectivity index (χ2v) is 6.51. The predicted molar refractivity (Wildman–Crippen MR) is 106 cm³/mol. The zero-order valence-electron chi connectivity index (χ0n) is 14.9. The van der Waals surface area contributed by atoms with Crippen LogP contribution >= 0.6 is 0 Å². The van der Waals surface area contributed by atoms with E-state index in [1.54, 1.807) is 12.3 Å². The molecule has 2 aromatic carbocycles. The zero-order valence-corrected chi connectivity index (χ0v) is 14.9. The normalized spacial score (nSPS) is 11.3. The highest BCUT2D eigenvalue weighted by Crippen LogP contribution is 2.29. The Morgan fingerprint density at radius 1 is 1.00 bits per heavy atom. The van der Waals surface area contributed by atoms with E-state index in [1.807, 2.05) is 66.1 Å². The molecule has 28 heavy (non-hydrogen) atoms. The Morgan fingerprint density at radius 2 is 1.82 bits per heavy atom. The molecule has 5 rings (SSSR count). The van der Waals surface area contributed by atoms with E-state index in [4.69, 9.17) is 9.97 Å². The predicted octanol–water partition coefficient (Wildman–Crippen LogP) is 4.27. The lowest BCUT2D eigenvalue weighted by atomic mass is 10.2.